The smallest absolute Gasteiger partial charge is 0.412 e. The molecule has 0 radical (unpaired) electrons. The Balaban J connectivity index is 1.21. The monoisotopic (exact) mass is 442 g/mol. The van der Waals surface area contributed by atoms with Crippen molar-refractivity contribution in [2.45, 2.75) is 60.4 Å². The normalized spacial score (nSPS) is 27.7. The summed E-state index contributed by atoms with van der Waals surface area (Å²) in [5, 5.41) is 25.2. The molecule has 1 aliphatic carbocycles. The molecule has 2 aliphatic heterocycles. The predicted molar refractivity (Wildman–Crippen MR) is 109 cm³/mol. The van der Waals surface area contributed by atoms with Gasteiger partial charge in [0, 0.05) is 10.9 Å². The summed E-state index contributed by atoms with van der Waals surface area (Å²) in [6.45, 7) is 0.634. The van der Waals surface area contributed by atoms with E-state index in [1.54, 1.807) is 40.7 Å². The van der Waals surface area contributed by atoms with Crippen molar-refractivity contribution in [3.05, 3.63) is 29.8 Å². The van der Waals surface area contributed by atoms with Crippen molar-refractivity contribution in [3.8, 4) is 6.07 Å². The minimum atomic E-state index is -0.615. The SMILES string of the molecule is N#Cc1cccc(NC(=O)O[C@@H]2CO[C@H]3[C@@H]2OC[C@@H]3n2nnnc2SC2CCCC2)c1. The minimum Gasteiger partial charge on any atom is -0.441 e. The molecule has 3 fully saturated rings. The number of fused-ring (bicyclic) bond motifs is 1. The van der Waals surface area contributed by atoms with Crippen molar-refractivity contribution in [1.82, 2.24) is 20.2 Å². The Kier molecular flexibility index (Phi) is 5.76. The summed E-state index contributed by atoms with van der Waals surface area (Å²) in [5.74, 6) is 0. The molecule has 0 spiro atoms. The first-order valence-corrected chi connectivity index (χ1v) is 11.2. The van der Waals surface area contributed by atoms with Gasteiger partial charge in [-0.25, -0.2) is 9.48 Å². The number of ether oxygens (including phenoxy) is 3. The number of nitrogens with zero attached hydrogens (tertiary/aromatic N) is 5. The Labute approximate surface area is 183 Å². The highest BCUT2D eigenvalue weighted by atomic mass is 32.2. The summed E-state index contributed by atoms with van der Waals surface area (Å²) < 4.78 is 19.2. The van der Waals surface area contributed by atoms with Crippen LogP contribution in [0.4, 0.5) is 10.5 Å². The number of tetrazole rings is 1. The van der Waals surface area contributed by atoms with Gasteiger partial charge in [0.25, 0.3) is 0 Å². The molecule has 3 aliphatic rings. The van der Waals surface area contributed by atoms with Crippen LogP contribution in [0.1, 0.15) is 37.3 Å². The lowest BCUT2D eigenvalue weighted by atomic mass is 10.1. The highest BCUT2D eigenvalue weighted by Gasteiger charge is 2.51. The number of anilines is 1. The Bertz CT molecular complexity index is 988. The molecule has 1 saturated carbocycles. The van der Waals surface area contributed by atoms with Crippen LogP contribution in [0.5, 0.6) is 0 Å². The first kappa shape index (κ1) is 20.2. The van der Waals surface area contributed by atoms with Crippen LogP contribution in [-0.4, -0.2) is 63.1 Å². The highest BCUT2D eigenvalue weighted by molar-refractivity contribution is 7.99. The van der Waals surface area contributed by atoms with Crippen LogP contribution in [-0.2, 0) is 14.2 Å². The third kappa shape index (κ3) is 4.23. The van der Waals surface area contributed by atoms with Crippen molar-refractivity contribution in [2.24, 2.45) is 0 Å². The van der Waals surface area contributed by atoms with Gasteiger partial charge in [-0.3, -0.25) is 5.32 Å². The van der Waals surface area contributed by atoms with Crippen molar-refractivity contribution >= 4 is 23.5 Å². The average Bonchev–Trinajstić information content (AvgIpc) is 3.55. The largest absolute Gasteiger partial charge is 0.441 e. The summed E-state index contributed by atoms with van der Waals surface area (Å²) >= 11 is 1.72. The first-order valence-electron chi connectivity index (χ1n) is 10.4. The van der Waals surface area contributed by atoms with Crippen LogP contribution in [0.3, 0.4) is 0 Å². The Morgan fingerprint density at radius 3 is 2.94 bits per heavy atom. The Hall–Kier alpha value is -2.68. The van der Waals surface area contributed by atoms with E-state index in [1.807, 2.05) is 6.07 Å². The number of nitriles is 1. The fourth-order valence-corrected chi connectivity index (χ4v) is 5.56. The fourth-order valence-electron chi connectivity index (χ4n) is 4.33. The average molecular weight is 443 g/mol. The molecule has 1 N–H and O–H groups in total. The van der Waals surface area contributed by atoms with E-state index in [0.717, 1.165) is 5.16 Å². The molecule has 0 unspecified atom stereocenters. The van der Waals surface area contributed by atoms with Crippen molar-refractivity contribution < 1.29 is 19.0 Å². The molecule has 2 saturated heterocycles. The fraction of sp³-hybridized carbons (Fsp3) is 0.550. The molecule has 3 heterocycles. The number of aromatic nitrogens is 4. The molecule has 0 bridgehead atoms. The zero-order chi connectivity index (χ0) is 21.2. The Morgan fingerprint density at radius 1 is 1.26 bits per heavy atom. The number of carbonyl (C=O) groups is 1. The molecule has 5 rings (SSSR count). The summed E-state index contributed by atoms with van der Waals surface area (Å²) in [6.07, 6.45) is 3.06. The molecular weight excluding hydrogens is 420 g/mol. The lowest BCUT2D eigenvalue weighted by Gasteiger charge is -2.18. The van der Waals surface area contributed by atoms with E-state index in [1.165, 1.54) is 25.7 Å². The van der Waals surface area contributed by atoms with E-state index < -0.39 is 12.2 Å². The third-order valence-electron chi connectivity index (χ3n) is 5.83. The number of hydrogen-bond donors (Lipinski definition) is 1. The topological polar surface area (TPSA) is 124 Å². The van der Waals surface area contributed by atoms with E-state index in [-0.39, 0.29) is 24.9 Å². The van der Waals surface area contributed by atoms with Gasteiger partial charge in [0.2, 0.25) is 5.16 Å². The highest BCUT2D eigenvalue weighted by Crippen LogP contribution is 2.39. The van der Waals surface area contributed by atoms with Crippen LogP contribution < -0.4 is 5.32 Å². The molecule has 4 atom stereocenters. The van der Waals surface area contributed by atoms with Gasteiger partial charge in [-0.05, 0) is 41.5 Å². The van der Waals surface area contributed by atoms with Gasteiger partial charge < -0.3 is 14.2 Å². The molecule has 1 aromatic carbocycles. The standard InChI is InChI=1S/C20H22N6O4S/c21-9-12-4-3-5-13(8-12)22-20(27)30-16-11-29-17-15(10-28-18(16)17)26-19(23-24-25-26)31-14-6-1-2-7-14/h3-5,8,14-18H,1-2,6-7,10-11H2,(H,22,27)/t15-,16+,17+,18+/m0/s1. The second-order valence-corrected chi connectivity index (χ2v) is 9.12. The quantitative estimate of drug-likeness (QED) is 0.743. The summed E-state index contributed by atoms with van der Waals surface area (Å²) in [7, 11) is 0. The van der Waals surface area contributed by atoms with Gasteiger partial charge in [0.05, 0.1) is 24.8 Å². The van der Waals surface area contributed by atoms with Crippen LogP contribution in [0, 0.1) is 11.3 Å². The predicted octanol–water partition coefficient (Wildman–Crippen LogP) is 2.54. The molecule has 31 heavy (non-hydrogen) atoms. The maximum absolute atomic E-state index is 12.3. The maximum Gasteiger partial charge on any atom is 0.412 e. The van der Waals surface area contributed by atoms with Gasteiger partial charge in [-0.2, -0.15) is 5.26 Å². The molecular formula is C20H22N6O4S. The molecule has 2 aromatic rings. The number of hydrogen-bond acceptors (Lipinski definition) is 9. The van der Waals surface area contributed by atoms with Crippen molar-refractivity contribution in [3.63, 3.8) is 0 Å². The maximum atomic E-state index is 12.3. The van der Waals surface area contributed by atoms with Crippen LogP contribution >= 0.6 is 11.8 Å². The molecule has 10 nitrogen and oxygen atoms in total. The summed E-state index contributed by atoms with van der Waals surface area (Å²) in [4.78, 5) is 12.3. The molecule has 11 heteroatoms. The van der Waals surface area contributed by atoms with Gasteiger partial charge in [-0.15, -0.1) is 5.10 Å². The van der Waals surface area contributed by atoms with Gasteiger partial charge in [-0.1, -0.05) is 30.7 Å². The van der Waals surface area contributed by atoms with E-state index >= 15 is 0 Å². The van der Waals surface area contributed by atoms with Gasteiger partial charge in [0.1, 0.15) is 18.2 Å². The lowest BCUT2D eigenvalue weighted by Crippen LogP contribution is -2.35. The third-order valence-corrected chi connectivity index (χ3v) is 7.11. The summed E-state index contributed by atoms with van der Waals surface area (Å²) in [5.41, 5.74) is 0.948. The van der Waals surface area contributed by atoms with Crippen molar-refractivity contribution in [2.75, 3.05) is 18.5 Å². The second kappa shape index (κ2) is 8.82. The number of rotatable bonds is 5. The lowest BCUT2D eigenvalue weighted by molar-refractivity contribution is 0.00751. The number of benzene rings is 1. The van der Waals surface area contributed by atoms with Crippen LogP contribution in [0.2, 0.25) is 0 Å². The van der Waals surface area contributed by atoms with Crippen LogP contribution in [0.15, 0.2) is 29.4 Å². The first-order chi connectivity index (χ1) is 15.2. The number of thioether (sulfide) groups is 1. The summed E-state index contributed by atoms with van der Waals surface area (Å²) in [6, 6.07) is 8.51. The zero-order valence-electron chi connectivity index (χ0n) is 16.7. The molecule has 1 aromatic heterocycles. The minimum absolute atomic E-state index is 0.159. The van der Waals surface area contributed by atoms with E-state index in [9.17, 15) is 4.79 Å². The van der Waals surface area contributed by atoms with Crippen LogP contribution in [0.25, 0.3) is 0 Å². The van der Waals surface area contributed by atoms with E-state index in [2.05, 4.69) is 20.8 Å². The van der Waals surface area contributed by atoms with Crippen molar-refractivity contribution in [1.29, 1.82) is 5.26 Å². The van der Waals surface area contributed by atoms with Gasteiger partial charge in [0.15, 0.2) is 6.10 Å². The van der Waals surface area contributed by atoms with Gasteiger partial charge >= 0.3 is 6.09 Å². The van der Waals surface area contributed by atoms with E-state index in [4.69, 9.17) is 19.5 Å². The molecule has 162 valence electrons. The van der Waals surface area contributed by atoms with E-state index in [0.29, 0.717) is 23.1 Å². The number of nitrogens with one attached hydrogen (secondary N) is 1. The Morgan fingerprint density at radius 2 is 2.10 bits per heavy atom. The number of amides is 1. The second-order valence-electron chi connectivity index (χ2n) is 7.85. The molecule has 1 amide bonds. The zero-order valence-corrected chi connectivity index (χ0v) is 17.5. The number of carbonyl (C=O) groups excluding carboxylic acids is 1.